The molecule has 1 N–H and O–H groups in total. The van der Waals surface area contributed by atoms with Crippen LogP contribution in [-0.4, -0.2) is 37.0 Å². The molecule has 1 saturated carbocycles. The molecule has 0 aliphatic heterocycles. The third-order valence-electron chi connectivity index (χ3n) is 5.60. The highest BCUT2D eigenvalue weighted by molar-refractivity contribution is 5.83. The van der Waals surface area contributed by atoms with Gasteiger partial charge in [0, 0.05) is 19.4 Å². The third-order valence-corrected chi connectivity index (χ3v) is 5.60. The second-order valence-corrected chi connectivity index (χ2v) is 7.90. The van der Waals surface area contributed by atoms with Crippen LogP contribution < -0.4 is 0 Å². The van der Waals surface area contributed by atoms with Crippen molar-refractivity contribution in [1.82, 2.24) is 0 Å². The average molecular weight is 324 g/mol. The molecule has 0 bridgehead atoms. The second-order valence-electron chi connectivity index (χ2n) is 7.90. The third kappa shape index (κ3) is 4.65. The molecule has 132 valence electrons. The van der Waals surface area contributed by atoms with Crippen molar-refractivity contribution in [2.45, 2.75) is 71.5 Å². The summed E-state index contributed by atoms with van der Waals surface area (Å²) in [6.45, 7) is 6.70. The number of ketones is 1. The summed E-state index contributed by atoms with van der Waals surface area (Å²) in [6.07, 6.45) is 6.64. The first-order valence-electron chi connectivity index (χ1n) is 8.82. The molecular weight excluding hydrogens is 292 g/mol. The lowest BCUT2D eigenvalue weighted by molar-refractivity contribution is -0.130. The number of aliphatic hydroxyl groups excluding tert-OH is 1. The molecular formula is C19H32O4. The number of hydrogen-bond donors (Lipinski definition) is 1. The van der Waals surface area contributed by atoms with E-state index in [4.69, 9.17) is 9.47 Å². The maximum atomic E-state index is 12.8. The van der Waals surface area contributed by atoms with Crippen molar-refractivity contribution in [1.29, 1.82) is 0 Å². The van der Waals surface area contributed by atoms with Crippen LogP contribution >= 0.6 is 0 Å². The Morgan fingerprint density at radius 3 is 2.83 bits per heavy atom. The van der Waals surface area contributed by atoms with Gasteiger partial charge in [0.1, 0.15) is 12.6 Å². The van der Waals surface area contributed by atoms with Crippen molar-refractivity contribution < 1.29 is 19.4 Å². The Balaban J connectivity index is 2.20. The Morgan fingerprint density at radius 2 is 2.13 bits per heavy atom. The molecule has 2 aliphatic rings. The molecule has 5 atom stereocenters. The number of carbonyl (C=O) groups is 1. The lowest BCUT2D eigenvalue weighted by Gasteiger charge is -2.31. The van der Waals surface area contributed by atoms with Crippen molar-refractivity contribution in [2.75, 3.05) is 13.9 Å². The van der Waals surface area contributed by atoms with Crippen LogP contribution in [0.15, 0.2) is 11.6 Å². The van der Waals surface area contributed by atoms with Gasteiger partial charge in [-0.25, -0.2) is 0 Å². The smallest absolute Gasteiger partial charge is 0.146 e. The van der Waals surface area contributed by atoms with Gasteiger partial charge in [0.2, 0.25) is 0 Å². The minimum Gasteiger partial charge on any atom is -0.392 e. The summed E-state index contributed by atoms with van der Waals surface area (Å²) < 4.78 is 10.8. The van der Waals surface area contributed by atoms with Gasteiger partial charge < -0.3 is 14.6 Å². The van der Waals surface area contributed by atoms with Gasteiger partial charge in [-0.1, -0.05) is 25.5 Å². The van der Waals surface area contributed by atoms with Crippen molar-refractivity contribution in [3.05, 3.63) is 11.6 Å². The standard InChI is InChI=1S/C19H32O4/c1-13-5-7-19(3)8-6-16(20)18(19)17(21)11-14(2)10-15(9-13)23-12-22-4/h5,14-16,18,20H,6-12H2,1-4H3/b13-5-/t14-,15?,16+,18+,19-/m1/s1. The fraction of sp³-hybridized carbons (Fsp3) is 0.842. The maximum Gasteiger partial charge on any atom is 0.146 e. The number of methoxy groups -OCH3 is 1. The Bertz CT molecular complexity index is 445. The minimum absolute atomic E-state index is 0.0877. The number of carbonyl (C=O) groups excluding carboxylic acids is 1. The summed E-state index contributed by atoms with van der Waals surface area (Å²) in [5.41, 5.74) is 1.19. The van der Waals surface area contributed by atoms with E-state index in [1.807, 2.05) is 0 Å². The molecule has 1 fully saturated rings. The normalized spacial score (nSPS) is 41.8. The number of ether oxygens (including phenoxy) is 2. The van der Waals surface area contributed by atoms with Crippen LogP contribution in [0.2, 0.25) is 0 Å². The van der Waals surface area contributed by atoms with Crippen molar-refractivity contribution in [3.63, 3.8) is 0 Å². The fourth-order valence-corrected chi connectivity index (χ4v) is 4.32. The summed E-state index contributed by atoms with van der Waals surface area (Å²) in [6, 6.07) is 0. The van der Waals surface area contributed by atoms with E-state index in [0.717, 1.165) is 32.1 Å². The molecule has 0 aromatic heterocycles. The van der Waals surface area contributed by atoms with E-state index in [0.29, 0.717) is 6.42 Å². The summed E-state index contributed by atoms with van der Waals surface area (Å²) in [5, 5.41) is 10.3. The number of allylic oxidation sites excluding steroid dienone is 1. The van der Waals surface area contributed by atoms with E-state index >= 15 is 0 Å². The molecule has 0 spiro atoms. The van der Waals surface area contributed by atoms with Gasteiger partial charge in [0.15, 0.2) is 0 Å². The van der Waals surface area contributed by atoms with E-state index in [2.05, 4.69) is 26.8 Å². The zero-order chi connectivity index (χ0) is 17.0. The van der Waals surface area contributed by atoms with E-state index in [1.54, 1.807) is 7.11 Å². The first-order chi connectivity index (χ1) is 10.9. The molecule has 1 unspecified atom stereocenters. The highest BCUT2D eigenvalue weighted by Crippen LogP contribution is 2.48. The van der Waals surface area contributed by atoms with Crippen LogP contribution in [0.3, 0.4) is 0 Å². The van der Waals surface area contributed by atoms with Crippen LogP contribution in [-0.2, 0) is 14.3 Å². The Morgan fingerprint density at radius 1 is 1.39 bits per heavy atom. The van der Waals surface area contributed by atoms with Crippen molar-refractivity contribution in [3.8, 4) is 0 Å². The van der Waals surface area contributed by atoms with Crippen LogP contribution in [0.5, 0.6) is 0 Å². The molecule has 0 radical (unpaired) electrons. The highest BCUT2D eigenvalue weighted by Gasteiger charge is 2.47. The van der Waals surface area contributed by atoms with E-state index in [9.17, 15) is 9.90 Å². The molecule has 0 aromatic rings. The van der Waals surface area contributed by atoms with Gasteiger partial charge in [0.25, 0.3) is 0 Å². The van der Waals surface area contributed by atoms with Crippen LogP contribution in [0, 0.1) is 17.3 Å². The molecule has 0 heterocycles. The van der Waals surface area contributed by atoms with Gasteiger partial charge in [-0.2, -0.15) is 0 Å². The van der Waals surface area contributed by atoms with Gasteiger partial charge in [-0.3, -0.25) is 4.79 Å². The zero-order valence-corrected chi connectivity index (χ0v) is 15.0. The topological polar surface area (TPSA) is 55.8 Å². The summed E-state index contributed by atoms with van der Waals surface area (Å²) in [5.74, 6) is 0.265. The lowest BCUT2D eigenvalue weighted by Crippen LogP contribution is -2.35. The van der Waals surface area contributed by atoms with Crippen LogP contribution in [0.25, 0.3) is 0 Å². The summed E-state index contributed by atoms with van der Waals surface area (Å²) in [7, 11) is 1.63. The largest absolute Gasteiger partial charge is 0.392 e. The minimum atomic E-state index is -0.477. The quantitative estimate of drug-likeness (QED) is 0.638. The van der Waals surface area contributed by atoms with Crippen molar-refractivity contribution >= 4 is 5.78 Å². The fourth-order valence-electron chi connectivity index (χ4n) is 4.32. The van der Waals surface area contributed by atoms with Crippen LogP contribution in [0.4, 0.5) is 0 Å². The van der Waals surface area contributed by atoms with Gasteiger partial charge in [-0.05, 0) is 50.4 Å². The van der Waals surface area contributed by atoms with Crippen molar-refractivity contribution in [2.24, 2.45) is 17.3 Å². The molecule has 2 rings (SSSR count). The Hall–Kier alpha value is -0.710. The number of rotatable bonds is 3. The lowest BCUT2D eigenvalue weighted by atomic mass is 9.72. The Kier molecular flexibility index (Phi) is 6.40. The van der Waals surface area contributed by atoms with E-state index in [1.165, 1.54) is 5.57 Å². The first kappa shape index (κ1) is 18.6. The van der Waals surface area contributed by atoms with Gasteiger partial charge in [-0.15, -0.1) is 0 Å². The average Bonchev–Trinajstić information content (AvgIpc) is 2.77. The molecule has 23 heavy (non-hydrogen) atoms. The molecule has 0 amide bonds. The number of fused-ring (bicyclic) bond motifs is 1. The molecule has 4 heteroatoms. The summed E-state index contributed by atoms with van der Waals surface area (Å²) >= 11 is 0. The Labute approximate surface area is 140 Å². The van der Waals surface area contributed by atoms with Crippen LogP contribution in [0.1, 0.15) is 59.3 Å². The predicted molar refractivity (Wildman–Crippen MR) is 90.0 cm³/mol. The summed E-state index contributed by atoms with van der Waals surface area (Å²) in [4.78, 5) is 12.8. The maximum absolute atomic E-state index is 12.8. The monoisotopic (exact) mass is 324 g/mol. The molecule has 4 nitrogen and oxygen atoms in total. The predicted octanol–water partition coefficient (Wildman–Crippen LogP) is 3.48. The zero-order valence-electron chi connectivity index (χ0n) is 15.0. The first-order valence-corrected chi connectivity index (χ1v) is 8.82. The molecule has 0 saturated heterocycles. The molecule has 0 aromatic carbocycles. The second kappa shape index (κ2) is 7.91. The number of hydrogen-bond acceptors (Lipinski definition) is 4. The van der Waals surface area contributed by atoms with E-state index < -0.39 is 6.10 Å². The highest BCUT2D eigenvalue weighted by atomic mass is 16.7. The molecule has 2 aliphatic carbocycles. The number of aliphatic hydroxyl groups is 1. The SMILES string of the molecule is COCOC1C/C(C)=C\C[C@]2(C)CC[C@H](O)[C@H]2C(=O)C[C@H](C)C1. The number of Topliss-reactive ketones (excluding diaryl/α,β-unsaturated/α-hetero) is 1. The van der Waals surface area contributed by atoms with Gasteiger partial charge in [0.05, 0.1) is 12.2 Å². The van der Waals surface area contributed by atoms with E-state index in [-0.39, 0.29) is 35.9 Å². The van der Waals surface area contributed by atoms with Gasteiger partial charge >= 0.3 is 0 Å².